The second-order valence-electron chi connectivity index (χ2n) is 8.26. The van der Waals surface area contributed by atoms with Gasteiger partial charge in [-0.05, 0) is 38.0 Å². The molecule has 0 saturated heterocycles. The Morgan fingerprint density at radius 2 is 1.86 bits per heavy atom. The van der Waals surface area contributed by atoms with E-state index in [0.717, 1.165) is 27.4 Å². The van der Waals surface area contributed by atoms with Crippen LogP contribution >= 0.6 is 0 Å². The van der Waals surface area contributed by atoms with Gasteiger partial charge in [-0.3, -0.25) is 4.79 Å². The molecule has 1 aliphatic heterocycles. The van der Waals surface area contributed by atoms with Gasteiger partial charge >= 0.3 is 0 Å². The molecule has 1 amide bonds. The van der Waals surface area contributed by atoms with Crippen molar-refractivity contribution in [1.82, 2.24) is 9.62 Å². The maximum atomic E-state index is 13.3. The van der Waals surface area contributed by atoms with Gasteiger partial charge in [0.2, 0.25) is 15.9 Å². The molecule has 0 spiro atoms. The van der Waals surface area contributed by atoms with E-state index < -0.39 is 21.7 Å². The number of aryl methyl sites for hydroxylation is 1. The average molecular weight is 417 g/mol. The largest absolute Gasteiger partial charge is 0.487 e. The molecule has 1 aliphatic rings. The summed E-state index contributed by atoms with van der Waals surface area (Å²) in [5.74, 6) is 0.387. The zero-order valence-electron chi connectivity index (χ0n) is 17.5. The maximum absolute atomic E-state index is 13.3. The molecule has 0 radical (unpaired) electrons. The van der Waals surface area contributed by atoms with Crippen LogP contribution in [-0.4, -0.2) is 37.5 Å². The van der Waals surface area contributed by atoms with Crippen LogP contribution < -0.4 is 10.1 Å². The van der Waals surface area contributed by atoms with E-state index in [1.807, 2.05) is 45.0 Å². The summed E-state index contributed by atoms with van der Waals surface area (Å²) in [5.41, 5.74) is 2.14. The van der Waals surface area contributed by atoms with Crippen molar-refractivity contribution in [3.63, 3.8) is 0 Å². The first-order valence-corrected chi connectivity index (χ1v) is 11.4. The Morgan fingerprint density at radius 3 is 2.48 bits per heavy atom. The van der Waals surface area contributed by atoms with Gasteiger partial charge in [0, 0.05) is 19.0 Å². The van der Waals surface area contributed by atoms with Gasteiger partial charge < -0.3 is 10.1 Å². The highest BCUT2D eigenvalue weighted by atomic mass is 32.2. The molecule has 2 aromatic carbocycles. The third kappa shape index (κ3) is 4.79. The lowest BCUT2D eigenvalue weighted by molar-refractivity contribution is -0.126. The number of carbonyl (C=O) groups is 1. The van der Waals surface area contributed by atoms with Crippen LogP contribution in [0.1, 0.15) is 49.0 Å². The van der Waals surface area contributed by atoms with Crippen molar-refractivity contribution in [2.45, 2.75) is 44.9 Å². The number of rotatable bonds is 5. The molecular weight excluding hydrogens is 388 g/mol. The van der Waals surface area contributed by atoms with Crippen molar-refractivity contribution in [2.24, 2.45) is 0 Å². The van der Waals surface area contributed by atoms with Gasteiger partial charge in [-0.25, -0.2) is 8.42 Å². The van der Waals surface area contributed by atoms with E-state index in [2.05, 4.69) is 5.32 Å². The molecule has 0 bridgehead atoms. The topological polar surface area (TPSA) is 75.7 Å². The molecule has 156 valence electrons. The summed E-state index contributed by atoms with van der Waals surface area (Å²) in [5, 5.41) is 3.08. The predicted molar refractivity (Wildman–Crippen MR) is 113 cm³/mol. The molecule has 1 N–H and O–H groups in total. The molecule has 0 fully saturated rings. The van der Waals surface area contributed by atoms with Crippen LogP contribution in [0.3, 0.4) is 0 Å². The Labute approximate surface area is 172 Å². The number of sulfonamides is 1. The van der Waals surface area contributed by atoms with Gasteiger partial charge in [0.1, 0.15) is 17.4 Å². The van der Waals surface area contributed by atoms with Crippen LogP contribution in [0.5, 0.6) is 5.75 Å². The highest BCUT2D eigenvalue weighted by Gasteiger charge is 2.37. The average Bonchev–Trinajstić information content (AvgIpc) is 2.60. The van der Waals surface area contributed by atoms with E-state index in [0.29, 0.717) is 12.0 Å². The maximum Gasteiger partial charge on any atom is 0.243 e. The van der Waals surface area contributed by atoms with E-state index in [9.17, 15) is 13.2 Å². The summed E-state index contributed by atoms with van der Waals surface area (Å²) in [6, 6.07) is 13.6. The third-order valence-corrected chi connectivity index (χ3v) is 6.45. The minimum absolute atomic E-state index is 0.277. The van der Waals surface area contributed by atoms with E-state index in [-0.39, 0.29) is 11.9 Å². The number of nitrogens with one attached hydrogen (secondary N) is 1. The Kier molecular flexibility index (Phi) is 5.74. The summed E-state index contributed by atoms with van der Waals surface area (Å²) >= 11 is 0. The quantitative estimate of drug-likeness (QED) is 0.811. The number of amides is 1. The van der Waals surface area contributed by atoms with Crippen molar-refractivity contribution >= 4 is 15.9 Å². The lowest BCUT2D eigenvalue weighted by Gasteiger charge is -2.39. The predicted octanol–water partition coefficient (Wildman–Crippen LogP) is 3.35. The van der Waals surface area contributed by atoms with E-state index in [4.69, 9.17) is 4.74 Å². The van der Waals surface area contributed by atoms with E-state index in [1.54, 1.807) is 24.3 Å². The summed E-state index contributed by atoms with van der Waals surface area (Å²) in [4.78, 5) is 13.3. The van der Waals surface area contributed by atoms with Gasteiger partial charge in [-0.2, -0.15) is 4.31 Å². The summed E-state index contributed by atoms with van der Waals surface area (Å²) in [7, 11) is -2.15. The molecule has 3 rings (SSSR count). The molecule has 2 atom stereocenters. The Balaban J connectivity index is 1.96. The van der Waals surface area contributed by atoms with Crippen LogP contribution in [0, 0.1) is 6.92 Å². The van der Waals surface area contributed by atoms with Crippen molar-refractivity contribution in [1.29, 1.82) is 0 Å². The number of hydrogen-bond donors (Lipinski definition) is 1. The first-order valence-electron chi connectivity index (χ1n) is 9.56. The molecule has 0 aromatic heterocycles. The minimum Gasteiger partial charge on any atom is -0.487 e. The molecule has 7 heteroatoms. The van der Waals surface area contributed by atoms with Crippen molar-refractivity contribution < 1.29 is 17.9 Å². The standard InChI is InChI=1S/C22H28N2O4S/c1-15-11-12-17-18(14-22(2,3)28-19(17)13-15)23-21(25)20(24(4)29(5,26)27)16-9-7-6-8-10-16/h6-13,18,20H,14H2,1-5H3,(H,23,25). The normalized spacial score (nSPS) is 19.2. The van der Waals surface area contributed by atoms with Crippen molar-refractivity contribution in [3.05, 3.63) is 65.2 Å². The first-order chi connectivity index (χ1) is 13.5. The number of carbonyl (C=O) groups excluding carboxylic acids is 1. The van der Waals surface area contributed by atoms with Gasteiger partial charge in [0.15, 0.2) is 0 Å². The van der Waals surface area contributed by atoms with Gasteiger partial charge in [0.05, 0.1) is 12.3 Å². The number of ether oxygens (including phenoxy) is 1. The smallest absolute Gasteiger partial charge is 0.243 e. The fraction of sp³-hybridized carbons (Fsp3) is 0.409. The van der Waals surface area contributed by atoms with E-state index >= 15 is 0 Å². The van der Waals surface area contributed by atoms with Crippen LogP contribution in [0.15, 0.2) is 48.5 Å². The number of fused-ring (bicyclic) bond motifs is 1. The van der Waals surface area contributed by atoms with Gasteiger partial charge in [0.25, 0.3) is 0 Å². The molecule has 6 nitrogen and oxygen atoms in total. The monoisotopic (exact) mass is 416 g/mol. The molecule has 1 heterocycles. The molecule has 0 saturated carbocycles. The lowest BCUT2D eigenvalue weighted by atomic mass is 9.89. The molecular formula is C22H28N2O4S. The lowest BCUT2D eigenvalue weighted by Crippen LogP contribution is -2.46. The summed E-state index contributed by atoms with van der Waals surface area (Å²) < 4.78 is 31.6. The van der Waals surface area contributed by atoms with Crippen LogP contribution in [-0.2, 0) is 14.8 Å². The Hall–Kier alpha value is -2.38. The van der Waals surface area contributed by atoms with Crippen LogP contribution in [0.2, 0.25) is 0 Å². The minimum atomic E-state index is -3.58. The molecule has 2 aromatic rings. The van der Waals surface area contributed by atoms with Gasteiger partial charge in [-0.1, -0.05) is 42.5 Å². The van der Waals surface area contributed by atoms with Crippen LogP contribution in [0.25, 0.3) is 0 Å². The highest BCUT2D eigenvalue weighted by molar-refractivity contribution is 7.88. The molecule has 29 heavy (non-hydrogen) atoms. The number of hydrogen-bond acceptors (Lipinski definition) is 4. The number of benzene rings is 2. The Bertz CT molecular complexity index is 1000. The van der Waals surface area contributed by atoms with Crippen molar-refractivity contribution in [2.75, 3.05) is 13.3 Å². The van der Waals surface area contributed by atoms with Crippen LogP contribution in [0.4, 0.5) is 0 Å². The molecule has 0 aliphatic carbocycles. The second kappa shape index (κ2) is 7.80. The van der Waals surface area contributed by atoms with Crippen molar-refractivity contribution in [3.8, 4) is 5.75 Å². The second-order valence-corrected chi connectivity index (χ2v) is 10.3. The Morgan fingerprint density at radius 1 is 1.21 bits per heavy atom. The fourth-order valence-corrected chi connectivity index (χ4v) is 4.29. The highest BCUT2D eigenvalue weighted by Crippen LogP contribution is 2.40. The van der Waals surface area contributed by atoms with Gasteiger partial charge in [-0.15, -0.1) is 0 Å². The summed E-state index contributed by atoms with van der Waals surface area (Å²) in [6.07, 6.45) is 1.69. The number of likely N-dealkylation sites (N-methyl/N-ethyl adjacent to an activating group) is 1. The molecule has 2 unspecified atom stereocenters. The third-order valence-electron chi connectivity index (χ3n) is 5.19. The first kappa shape index (κ1) is 21.3. The number of nitrogens with zero attached hydrogens (tertiary/aromatic N) is 1. The zero-order chi connectivity index (χ0) is 21.4. The van der Waals surface area contributed by atoms with E-state index in [1.165, 1.54) is 7.05 Å². The zero-order valence-corrected chi connectivity index (χ0v) is 18.3. The fourth-order valence-electron chi connectivity index (χ4n) is 3.69. The summed E-state index contributed by atoms with van der Waals surface area (Å²) in [6.45, 7) is 5.95. The SMILES string of the molecule is Cc1ccc2c(c1)OC(C)(C)CC2NC(=O)C(c1ccccc1)N(C)S(C)(=O)=O.